The fourth-order valence-corrected chi connectivity index (χ4v) is 3.38. The van der Waals surface area contributed by atoms with Gasteiger partial charge in [-0.3, -0.25) is 4.90 Å². The van der Waals surface area contributed by atoms with E-state index in [0.717, 1.165) is 24.5 Å². The number of carboxylic acid groups (broad SMARTS) is 1. The Morgan fingerprint density at radius 3 is 2.94 bits per heavy atom. The van der Waals surface area contributed by atoms with Crippen LogP contribution < -0.4 is 0 Å². The number of rotatable bonds is 5. The average molecular weight is 268 g/mol. The van der Waals surface area contributed by atoms with Gasteiger partial charge in [-0.15, -0.1) is 11.3 Å². The second kappa shape index (κ2) is 5.82. The van der Waals surface area contributed by atoms with Gasteiger partial charge in [-0.2, -0.15) is 0 Å². The van der Waals surface area contributed by atoms with Crippen molar-refractivity contribution in [3.8, 4) is 0 Å². The van der Waals surface area contributed by atoms with Gasteiger partial charge < -0.3 is 10.0 Å². The van der Waals surface area contributed by atoms with Gasteiger partial charge in [0.25, 0.3) is 0 Å². The largest absolute Gasteiger partial charge is 0.477 e. The first-order valence-corrected chi connectivity index (χ1v) is 7.08. The Kier molecular flexibility index (Phi) is 4.37. The Bertz CT molecular complexity index is 417. The third-order valence-electron chi connectivity index (χ3n) is 3.31. The Labute approximate surface area is 112 Å². The molecule has 18 heavy (non-hydrogen) atoms. The first-order valence-electron chi connectivity index (χ1n) is 6.27. The summed E-state index contributed by atoms with van der Waals surface area (Å²) in [7, 11) is 4.20. The van der Waals surface area contributed by atoms with Crippen molar-refractivity contribution in [3.63, 3.8) is 0 Å². The zero-order chi connectivity index (χ0) is 13.1. The van der Waals surface area contributed by atoms with E-state index >= 15 is 0 Å². The lowest BCUT2D eigenvalue weighted by Crippen LogP contribution is -2.36. The summed E-state index contributed by atoms with van der Waals surface area (Å²) in [5, 5.41) is 8.92. The van der Waals surface area contributed by atoms with E-state index in [2.05, 4.69) is 23.9 Å². The monoisotopic (exact) mass is 268 g/mol. The van der Waals surface area contributed by atoms with Gasteiger partial charge in [-0.25, -0.2) is 4.79 Å². The number of likely N-dealkylation sites (N-methyl/N-ethyl adjacent to an activating group) is 1. The van der Waals surface area contributed by atoms with Crippen LogP contribution in [0.4, 0.5) is 0 Å². The molecule has 2 rings (SSSR count). The highest BCUT2D eigenvalue weighted by molar-refractivity contribution is 7.13. The van der Waals surface area contributed by atoms with Crippen LogP contribution in [0.1, 0.15) is 27.4 Å². The van der Waals surface area contributed by atoms with Gasteiger partial charge in [0.2, 0.25) is 0 Å². The van der Waals surface area contributed by atoms with Crippen molar-refractivity contribution >= 4 is 17.3 Å². The lowest BCUT2D eigenvalue weighted by molar-refractivity contribution is 0.0702. The molecule has 1 saturated heterocycles. The quantitative estimate of drug-likeness (QED) is 0.887. The van der Waals surface area contributed by atoms with Crippen molar-refractivity contribution in [2.24, 2.45) is 0 Å². The maximum absolute atomic E-state index is 10.9. The van der Waals surface area contributed by atoms with Crippen molar-refractivity contribution in [1.29, 1.82) is 0 Å². The predicted molar refractivity (Wildman–Crippen MR) is 73.3 cm³/mol. The molecule has 0 aromatic carbocycles. The molecular weight excluding hydrogens is 248 g/mol. The number of carboxylic acids is 1. The van der Waals surface area contributed by atoms with Crippen molar-refractivity contribution in [2.45, 2.75) is 25.4 Å². The fraction of sp³-hybridized carbons (Fsp3) is 0.615. The number of nitrogens with zero attached hydrogens (tertiary/aromatic N) is 2. The molecule has 1 aliphatic heterocycles. The van der Waals surface area contributed by atoms with Gasteiger partial charge >= 0.3 is 5.97 Å². The zero-order valence-electron chi connectivity index (χ0n) is 10.9. The Balaban J connectivity index is 1.96. The first kappa shape index (κ1) is 13.5. The van der Waals surface area contributed by atoms with E-state index in [4.69, 9.17) is 5.11 Å². The predicted octanol–water partition coefficient (Wildman–Crippen LogP) is 1.97. The zero-order valence-corrected chi connectivity index (χ0v) is 11.7. The molecule has 0 bridgehead atoms. The second-order valence-corrected chi connectivity index (χ2v) is 6.27. The highest BCUT2D eigenvalue weighted by atomic mass is 32.1. The molecular formula is C13H20N2O2S. The van der Waals surface area contributed by atoms with E-state index in [1.54, 1.807) is 6.07 Å². The Morgan fingerprint density at radius 1 is 1.56 bits per heavy atom. The molecule has 1 unspecified atom stereocenters. The van der Waals surface area contributed by atoms with Gasteiger partial charge in [-0.1, -0.05) is 0 Å². The van der Waals surface area contributed by atoms with Gasteiger partial charge in [0.05, 0.1) is 0 Å². The van der Waals surface area contributed by atoms with Crippen LogP contribution in [0, 0.1) is 0 Å². The van der Waals surface area contributed by atoms with E-state index < -0.39 is 5.97 Å². The number of hydrogen-bond donors (Lipinski definition) is 1. The maximum atomic E-state index is 10.9. The third kappa shape index (κ3) is 3.31. The molecule has 100 valence electrons. The van der Waals surface area contributed by atoms with Crippen LogP contribution in [-0.2, 0) is 6.54 Å². The molecule has 2 heterocycles. The number of likely N-dealkylation sites (tertiary alicyclic amines) is 1. The van der Waals surface area contributed by atoms with Gasteiger partial charge in [0, 0.05) is 24.0 Å². The normalized spacial score (nSPS) is 20.7. The molecule has 1 atom stereocenters. The molecule has 1 aromatic rings. The van der Waals surface area contributed by atoms with Crippen LogP contribution in [0.5, 0.6) is 0 Å². The molecule has 0 radical (unpaired) electrons. The lowest BCUT2D eigenvalue weighted by Gasteiger charge is -2.26. The molecule has 4 nitrogen and oxygen atoms in total. The summed E-state index contributed by atoms with van der Waals surface area (Å²) in [6.45, 7) is 3.09. The second-order valence-electron chi connectivity index (χ2n) is 5.10. The molecule has 0 spiro atoms. The third-order valence-corrected chi connectivity index (χ3v) is 4.36. The van der Waals surface area contributed by atoms with E-state index in [1.165, 1.54) is 24.2 Å². The topological polar surface area (TPSA) is 43.8 Å². The van der Waals surface area contributed by atoms with Gasteiger partial charge in [-0.05, 0) is 45.6 Å². The molecule has 1 N–H and O–H groups in total. The van der Waals surface area contributed by atoms with Gasteiger partial charge in [0.1, 0.15) is 4.88 Å². The highest BCUT2D eigenvalue weighted by Gasteiger charge is 2.25. The minimum atomic E-state index is -0.822. The number of aromatic carboxylic acids is 1. The summed E-state index contributed by atoms with van der Waals surface area (Å²) in [4.78, 5) is 17.1. The summed E-state index contributed by atoms with van der Waals surface area (Å²) in [5.74, 6) is -0.822. The molecule has 0 amide bonds. The summed E-state index contributed by atoms with van der Waals surface area (Å²) in [5.41, 5.74) is 0. The van der Waals surface area contributed by atoms with Crippen molar-refractivity contribution in [1.82, 2.24) is 9.80 Å². The molecule has 1 fully saturated rings. The van der Waals surface area contributed by atoms with Crippen LogP contribution in [0.2, 0.25) is 0 Å². The molecule has 5 heteroatoms. The van der Waals surface area contributed by atoms with E-state index in [1.807, 2.05) is 6.07 Å². The molecule has 0 saturated carbocycles. The van der Waals surface area contributed by atoms with E-state index in [0.29, 0.717) is 10.9 Å². The molecule has 1 aliphatic rings. The smallest absolute Gasteiger partial charge is 0.345 e. The van der Waals surface area contributed by atoms with Crippen molar-refractivity contribution in [2.75, 3.05) is 27.2 Å². The molecule has 0 aliphatic carbocycles. The minimum Gasteiger partial charge on any atom is -0.477 e. The van der Waals surface area contributed by atoms with Crippen LogP contribution >= 0.6 is 11.3 Å². The number of hydrogen-bond acceptors (Lipinski definition) is 4. The van der Waals surface area contributed by atoms with E-state index in [9.17, 15) is 4.79 Å². The summed E-state index contributed by atoms with van der Waals surface area (Å²) < 4.78 is 0. The lowest BCUT2D eigenvalue weighted by atomic mass is 10.2. The van der Waals surface area contributed by atoms with E-state index in [-0.39, 0.29) is 0 Å². The van der Waals surface area contributed by atoms with Crippen LogP contribution in [0.25, 0.3) is 0 Å². The van der Waals surface area contributed by atoms with Crippen molar-refractivity contribution < 1.29 is 9.90 Å². The molecule has 1 aromatic heterocycles. The van der Waals surface area contributed by atoms with Crippen LogP contribution in [0.15, 0.2) is 12.1 Å². The average Bonchev–Trinajstić information content (AvgIpc) is 2.89. The maximum Gasteiger partial charge on any atom is 0.345 e. The highest BCUT2D eigenvalue weighted by Crippen LogP contribution is 2.24. The summed E-state index contributed by atoms with van der Waals surface area (Å²) in [6.07, 6.45) is 2.49. The fourth-order valence-electron chi connectivity index (χ4n) is 2.51. The number of thiophene rings is 1. The Hall–Kier alpha value is -0.910. The number of carbonyl (C=O) groups is 1. The SMILES string of the molecule is CN(C)CC1CCCN1Cc1ccc(C(=O)O)s1. The minimum absolute atomic E-state index is 0.438. The van der Waals surface area contributed by atoms with Crippen LogP contribution in [0.3, 0.4) is 0 Å². The summed E-state index contributed by atoms with van der Waals surface area (Å²) in [6, 6.07) is 4.26. The standard InChI is InChI=1S/C13H20N2O2S/c1-14(2)8-10-4-3-7-15(10)9-11-5-6-12(18-11)13(16)17/h5-6,10H,3-4,7-9H2,1-2H3,(H,16,17). The van der Waals surface area contributed by atoms with Crippen LogP contribution in [-0.4, -0.2) is 54.1 Å². The van der Waals surface area contributed by atoms with Gasteiger partial charge in [0.15, 0.2) is 0 Å². The Morgan fingerprint density at radius 2 is 2.33 bits per heavy atom. The first-order chi connectivity index (χ1) is 8.56. The van der Waals surface area contributed by atoms with Crippen molar-refractivity contribution in [3.05, 3.63) is 21.9 Å². The summed E-state index contributed by atoms with van der Waals surface area (Å²) >= 11 is 1.39.